The number of carbonyl (C=O) groups excluding carboxylic acids is 1. The molecular weight excluding hydrogens is 316 g/mol. The fourth-order valence-electron chi connectivity index (χ4n) is 3.87. The van der Waals surface area contributed by atoms with Gasteiger partial charge in [-0.05, 0) is 43.9 Å². The molecule has 0 bridgehead atoms. The number of para-hydroxylation sites is 1. The Morgan fingerprint density at radius 3 is 2.68 bits per heavy atom. The molecule has 3 heterocycles. The molecule has 2 aliphatic rings. The van der Waals surface area contributed by atoms with Crippen LogP contribution in [0.4, 0.5) is 0 Å². The Morgan fingerprint density at radius 1 is 1.28 bits per heavy atom. The Morgan fingerprint density at radius 2 is 2.00 bits per heavy atom. The monoisotopic (exact) mass is 340 g/mol. The standard InChI is InChI=1S/C19H24N4O2/c1-14(20)18(24)22-10-8-19(9-11-22)17-15(7-12-25-19)13-23(21-17)16-5-3-2-4-6-16/h2-6,13-14H,7-12,20H2,1H3/t14-/m1/s1. The van der Waals surface area contributed by atoms with Crippen LogP contribution in [-0.4, -0.2) is 46.3 Å². The molecule has 1 aromatic carbocycles. The molecule has 0 saturated carbocycles. The van der Waals surface area contributed by atoms with Crippen molar-refractivity contribution in [2.75, 3.05) is 19.7 Å². The number of nitrogens with zero attached hydrogens (tertiary/aromatic N) is 3. The number of fused-ring (bicyclic) bond motifs is 2. The molecular formula is C19H24N4O2. The first-order valence-corrected chi connectivity index (χ1v) is 8.92. The van der Waals surface area contributed by atoms with E-state index in [2.05, 4.69) is 18.3 Å². The van der Waals surface area contributed by atoms with Gasteiger partial charge in [0.2, 0.25) is 5.91 Å². The Hall–Kier alpha value is -2.18. The molecule has 0 radical (unpaired) electrons. The molecule has 1 fully saturated rings. The third-order valence-corrected chi connectivity index (χ3v) is 5.26. The topological polar surface area (TPSA) is 73.4 Å². The number of amides is 1. The summed E-state index contributed by atoms with van der Waals surface area (Å²) in [5, 5.41) is 4.87. The molecule has 1 amide bonds. The van der Waals surface area contributed by atoms with Gasteiger partial charge in [0, 0.05) is 19.3 Å². The van der Waals surface area contributed by atoms with Crippen LogP contribution in [0, 0.1) is 0 Å². The number of likely N-dealkylation sites (tertiary alicyclic amines) is 1. The molecule has 2 aliphatic heterocycles. The van der Waals surface area contributed by atoms with E-state index in [0.717, 1.165) is 30.6 Å². The van der Waals surface area contributed by atoms with Gasteiger partial charge in [0.1, 0.15) is 5.60 Å². The minimum absolute atomic E-state index is 0.0145. The molecule has 2 N–H and O–H groups in total. The second-order valence-corrected chi connectivity index (χ2v) is 6.99. The van der Waals surface area contributed by atoms with Crippen LogP contribution in [0.25, 0.3) is 5.69 Å². The summed E-state index contributed by atoms with van der Waals surface area (Å²) < 4.78 is 8.17. The van der Waals surface area contributed by atoms with Crippen molar-refractivity contribution in [1.29, 1.82) is 0 Å². The maximum atomic E-state index is 12.1. The summed E-state index contributed by atoms with van der Waals surface area (Å²) >= 11 is 0. The SMILES string of the molecule is C[C@@H](N)C(=O)N1CCC2(CC1)OCCc1cn(-c3ccccc3)nc12. The molecule has 6 nitrogen and oxygen atoms in total. The number of hydrogen-bond acceptors (Lipinski definition) is 4. The Labute approximate surface area is 147 Å². The van der Waals surface area contributed by atoms with E-state index in [1.54, 1.807) is 6.92 Å². The van der Waals surface area contributed by atoms with Crippen LogP contribution in [0.3, 0.4) is 0 Å². The lowest BCUT2D eigenvalue weighted by Crippen LogP contribution is -2.51. The third-order valence-electron chi connectivity index (χ3n) is 5.26. The predicted molar refractivity (Wildman–Crippen MR) is 94.4 cm³/mol. The molecule has 132 valence electrons. The molecule has 1 spiro atoms. The van der Waals surface area contributed by atoms with Crippen LogP contribution in [-0.2, 0) is 21.6 Å². The van der Waals surface area contributed by atoms with E-state index in [9.17, 15) is 4.79 Å². The molecule has 1 atom stereocenters. The van der Waals surface area contributed by atoms with Crippen molar-refractivity contribution in [3.8, 4) is 5.69 Å². The van der Waals surface area contributed by atoms with Crippen LogP contribution >= 0.6 is 0 Å². The number of piperidine rings is 1. The smallest absolute Gasteiger partial charge is 0.239 e. The summed E-state index contributed by atoms with van der Waals surface area (Å²) in [7, 11) is 0. The van der Waals surface area contributed by atoms with E-state index in [-0.39, 0.29) is 11.5 Å². The summed E-state index contributed by atoms with van der Waals surface area (Å²) in [5.41, 5.74) is 8.71. The number of ether oxygens (including phenoxy) is 1. The number of nitrogens with two attached hydrogens (primary N) is 1. The third kappa shape index (κ3) is 2.85. The molecule has 2 aromatic rings. The van der Waals surface area contributed by atoms with Crippen LogP contribution in [0.15, 0.2) is 36.5 Å². The van der Waals surface area contributed by atoms with Gasteiger partial charge in [-0.3, -0.25) is 4.79 Å². The van der Waals surface area contributed by atoms with E-state index in [4.69, 9.17) is 15.6 Å². The molecule has 0 unspecified atom stereocenters. The van der Waals surface area contributed by atoms with Gasteiger partial charge in [0.25, 0.3) is 0 Å². The van der Waals surface area contributed by atoms with E-state index in [0.29, 0.717) is 19.7 Å². The summed E-state index contributed by atoms with van der Waals surface area (Å²) in [6, 6.07) is 9.68. The van der Waals surface area contributed by atoms with Crippen molar-refractivity contribution in [2.24, 2.45) is 5.73 Å². The number of hydrogen-bond donors (Lipinski definition) is 1. The summed E-state index contributed by atoms with van der Waals surface area (Å²) in [6.45, 7) is 3.77. The highest BCUT2D eigenvalue weighted by Crippen LogP contribution is 2.41. The van der Waals surface area contributed by atoms with Crippen molar-refractivity contribution >= 4 is 5.91 Å². The molecule has 25 heavy (non-hydrogen) atoms. The van der Waals surface area contributed by atoms with Crippen LogP contribution in [0.1, 0.15) is 31.0 Å². The minimum Gasteiger partial charge on any atom is -0.368 e. The molecule has 1 saturated heterocycles. The van der Waals surface area contributed by atoms with Gasteiger partial charge in [-0.15, -0.1) is 0 Å². The summed E-state index contributed by atoms with van der Waals surface area (Å²) in [6.07, 6.45) is 4.54. The van der Waals surface area contributed by atoms with Gasteiger partial charge >= 0.3 is 0 Å². The second kappa shape index (κ2) is 6.28. The fourth-order valence-corrected chi connectivity index (χ4v) is 3.87. The van der Waals surface area contributed by atoms with Crippen molar-refractivity contribution in [3.05, 3.63) is 47.8 Å². The summed E-state index contributed by atoms with van der Waals surface area (Å²) in [4.78, 5) is 14.0. The molecule has 4 rings (SSSR count). The van der Waals surface area contributed by atoms with Crippen LogP contribution in [0.5, 0.6) is 0 Å². The van der Waals surface area contributed by atoms with E-state index >= 15 is 0 Å². The average Bonchev–Trinajstić information content (AvgIpc) is 3.09. The Bertz CT molecular complexity index is 761. The second-order valence-electron chi connectivity index (χ2n) is 6.99. The Balaban J connectivity index is 1.60. The zero-order valence-corrected chi connectivity index (χ0v) is 14.5. The van der Waals surface area contributed by atoms with E-state index in [1.807, 2.05) is 27.8 Å². The zero-order chi connectivity index (χ0) is 17.4. The zero-order valence-electron chi connectivity index (χ0n) is 14.5. The lowest BCUT2D eigenvalue weighted by atomic mass is 9.83. The van der Waals surface area contributed by atoms with Gasteiger partial charge in [-0.2, -0.15) is 5.10 Å². The summed E-state index contributed by atoms with van der Waals surface area (Å²) in [5.74, 6) is 0.0145. The number of aromatic nitrogens is 2. The number of rotatable bonds is 2. The Kier molecular flexibility index (Phi) is 4.09. The van der Waals surface area contributed by atoms with Crippen LogP contribution in [0.2, 0.25) is 0 Å². The van der Waals surface area contributed by atoms with Gasteiger partial charge in [0.15, 0.2) is 0 Å². The predicted octanol–water partition coefficient (Wildman–Crippen LogP) is 1.61. The highest BCUT2D eigenvalue weighted by molar-refractivity contribution is 5.81. The lowest BCUT2D eigenvalue weighted by Gasteiger charge is -2.43. The first kappa shape index (κ1) is 16.3. The number of carbonyl (C=O) groups is 1. The minimum atomic E-state index is -0.450. The van der Waals surface area contributed by atoms with Crippen molar-refractivity contribution in [1.82, 2.24) is 14.7 Å². The number of benzene rings is 1. The van der Waals surface area contributed by atoms with Gasteiger partial charge in [0.05, 0.1) is 24.0 Å². The molecule has 1 aromatic heterocycles. The van der Waals surface area contributed by atoms with Gasteiger partial charge in [-0.1, -0.05) is 18.2 Å². The normalized spacial score (nSPS) is 20.3. The van der Waals surface area contributed by atoms with Crippen molar-refractivity contribution < 1.29 is 9.53 Å². The first-order valence-electron chi connectivity index (χ1n) is 8.92. The average molecular weight is 340 g/mol. The maximum Gasteiger partial charge on any atom is 0.239 e. The van der Waals surface area contributed by atoms with Crippen molar-refractivity contribution in [2.45, 2.75) is 37.8 Å². The fraction of sp³-hybridized carbons (Fsp3) is 0.474. The van der Waals surface area contributed by atoms with Gasteiger partial charge in [-0.25, -0.2) is 4.68 Å². The first-order chi connectivity index (χ1) is 12.1. The molecule has 6 heteroatoms. The van der Waals surface area contributed by atoms with Gasteiger partial charge < -0.3 is 15.4 Å². The highest BCUT2D eigenvalue weighted by Gasteiger charge is 2.44. The van der Waals surface area contributed by atoms with Crippen LogP contribution < -0.4 is 5.73 Å². The maximum absolute atomic E-state index is 12.1. The van der Waals surface area contributed by atoms with E-state index in [1.165, 1.54) is 5.56 Å². The quantitative estimate of drug-likeness (QED) is 0.901. The van der Waals surface area contributed by atoms with Crippen molar-refractivity contribution in [3.63, 3.8) is 0 Å². The molecule has 0 aliphatic carbocycles. The highest BCUT2D eigenvalue weighted by atomic mass is 16.5. The largest absolute Gasteiger partial charge is 0.368 e. The lowest BCUT2D eigenvalue weighted by molar-refractivity contribution is -0.142. The van der Waals surface area contributed by atoms with E-state index < -0.39 is 6.04 Å².